The van der Waals surface area contributed by atoms with Crippen molar-refractivity contribution in [1.82, 2.24) is 0 Å². The molecule has 0 aliphatic rings. The van der Waals surface area contributed by atoms with Crippen molar-refractivity contribution in [2.24, 2.45) is 0 Å². The fourth-order valence-corrected chi connectivity index (χ4v) is 1.84. The summed E-state index contributed by atoms with van der Waals surface area (Å²) >= 11 is 0. The van der Waals surface area contributed by atoms with Gasteiger partial charge in [-0.25, -0.2) is 4.39 Å². The highest BCUT2D eigenvalue weighted by molar-refractivity contribution is 5.65. The first-order valence-electron chi connectivity index (χ1n) is 6.17. The topological polar surface area (TPSA) is 9.23 Å². The van der Waals surface area contributed by atoms with Gasteiger partial charge >= 0.3 is 6.08 Å². The average Bonchev–Trinajstić information content (AvgIpc) is 2.45. The molecule has 0 fully saturated rings. The van der Waals surface area contributed by atoms with Crippen molar-refractivity contribution >= 4 is 0 Å². The molecule has 0 saturated carbocycles. The van der Waals surface area contributed by atoms with Gasteiger partial charge in [-0.1, -0.05) is 31.2 Å². The Labute approximate surface area is 115 Å². The van der Waals surface area contributed by atoms with E-state index in [4.69, 9.17) is 4.74 Å². The van der Waals surface area contributed by atoms with Crippen molar-refractivity contribution in [3.63, 3.8) is 0 Å². The molecule has 0 N–H and O–H groups in total. The SMILES string of the molecule is CCc1ccc(-c2ccc(OC=C(F)F)cc2)c(F)c1. The van der Waals surface area contributed by atoms with Gasteiger partial charge in [0, 0.05) is 5.56 Å². The van der Waals surface area contributed by atoms with Gasteiger partial charge in [0.25, 0.3) is 0 Å². The van der Waals surface area contributed by atoms with E-state index in [0.717, 1.165) is 12.0 Å². The summed E-state index contributed by atoms with van der Waals surface area (Å²) in [6.45, 7) is 1.96. The van der Waals surface area contributed by atoms with Crippen LogP contribution in [0.2, 0.25) is 0 Å². The molecule has 2 aromatic rings. The molecule has 0 heterocycles. The summed E-state index contributed by atoms with van der Waals surface area (Å²) in [4.78, 5) is 0. The zero-order valence-corrected chi connectivity index (χ0v) is 10.9. The third-order valence-corrected chi connectivity index (χ3v) is 2.89. The molecule has 2 aromatic carbocycles. The lowest BCUT2D eigenvalue weighted by Gasteiger charge is -2.06. The maximum Gasteiger partial charge on any atom is 0.305 e. The van der Waals surface area contributed by atoms with Gasteiger partial charge in [0.1, 0.15) is 11.6 Å². The van der Waals surface area contributed by atoms with Gasteiger partial charge < -0.3 is 4.74 Å². The monoisotopic (exact) mass is 278 g/mol. The van der Waals surface area contributed by atoms with Crippen molar-refractivity contribution in [2.45, 2.75) is 13.3 Å². The standard InChI is InChI=1S/C16H13F3O/c1-2-11-3-8-14(15(17)9-11)12-4-6-13(7-5-12)20-10-16(18)19/h3-10H,2H2,1H3. The molecule has 0 atom stereocenters. The highest BCUT2D eigenvalue weighted by Crippen LogP contribution is 2.26. The van der Waals surface area contributed by atoms with E-state index in [2.05, 4.69) is 0 Å². The number of hydrogen-bond acceptors (Lipinski definition) is 1. The summed E-state index contributed by atoms with van der Waals surface area (Å²) < 4.78 is 42.4. The van der Waals surface area contributed by atoms with E-state index < -0.39 is 6.08 Å². The maximum atomic E-state index is 13.9. The van der Waals surface area contributed by atoms with Crippen LogP contribution in [0, 0.1) is 5.82 Å². The van der Waals surface area contributed by atoms with Crippen LogP contribution in [0.1, 0.15) is 12.5 Å². The molecule has 0 radical (unpaired) electrons. The molecule has 0 aromatic heterocycles. The molecule has 1 nitrogen and oxygen atoms in total. The van der Waals surface area contributed by atoms with Gasteiger partial charge in [-0.3, -0.25) is 0 Å². The molecule has 0 bridgehead atoms. The highest BCUT2D eigenvalue weighted by Gasteiger charge is 2.06. The third-order valence-electron chi connectivity index (χ3n) is 2.89. The van der Waals surface area contributed by atoms with Crippen LogP contribution in [0.25, 0.3) is 11.1 Å². The Morgan fingerprint density at radius 3 is 2.35 bits per heavy atom. The zero-order chi connectivity index (χ0) is 14.5. The first-order valence-corrected chi connectivity index (χ1v) is 6.17. The highest BCUT2D eigenvalue weighted by atomic mass is 19.3. The number of hydrogen-bond donors (Lipinski definition) is 0. The number of rotatable bonds is 4. The fourth-order valence-electron chi connectivity index (χ4n) is 1.84. The second-order valence-electron chi connectivity index (χ2n) is 4.22. The summed E-state index contributed by atoms with van der Waals surface area (Å²) in [5.41, 5.74) is 2.07. The summed E-state index contributed by atoms with van der Waals surface area (Å²) in [5.74, 6) is -0.0279. The van der Waals surface area contributed by atoms with Crippen LogP contribution >= 0.6 is 0 Å². The summed E-state index contributed by atoms with van der Waals surface area (Å²) in [5, 5.41) is 0. The average molecular weight is 278 g/mol. The van der Waals surface area contributed by atoms with Gasteiger partial charge in [0.2, 0.25) is 0 Å². The van der Waals surface area contributed by atoms with Crippen LogP contribution in [0.15, 0.2) is 54.8 Å². The number of halogens is 3. The van der Waals surface area contributed by atoms with Gasteiger partial charge in [-0.2, -0.15) is 8.78 Å². The number of benzene rings is 2. The minimum atomic E-state index is -1.91. The normalized spacial score (nSPS) is 10.2. The Morgan fingerprint density at radius 1 is 1.10 bits per heavy atom. The lowest BCUT2D eigenvalue weighted by Crippen LogP contribution is -1.88. The Bertz CT molecular complexity index is 614. The van der Waals surface area contributed by atoms with Crippen LogP contribution in [0.4, 0.5) is 13.2 Å². The largest absolute Gasteiger partial charge is 0.459 e. The molecule has 0 aliphatic carbocycles. The van der Waals surface area contributed by atoms with Gasteiger partial charge in [-0.05, 0) is 35.7 Å². The minimum absolute atomic E-state index is 0.270. The number of ether oxygens (including phenoxy) is 1. The van der Waals surface area contributed by atoms with Crippen molar-refractivity contribution in [2.75, 3.05) is 0 Å². The van der Waals surface area contributed by atoms with Crippen molar-refractivity contribution in [3.05, 3.63) is 66.2 Å². The molecule has 20 heavy (non-hydrogen) atoms. The van der Waals surface area contributed by atoms with Crippen molar-refractivity contribution in [3.8, 4) is 16.9 Å². The molecule has 0 unspecified atom stereocenters. The summed E-state index contributed by atoms with van der Waals surface area (Å²) in [6.07, 6.45) is -0.771. The van der Waals surface area contributed by atoms with Crippen molar-refractivity contribution in [1.29, 1.82) is 0 Å². The lowest BCUT2D eigenvalue weighted by molar-refractivity contribution is 0.365. The van der Waals surface area contributed by atoms with E-state index in [-0.39, 0.29) is 11.6 Å². The van der Waals surface area contributed by atoms with Crippen LogP contribution in [0.3, 0.4) is 0 Å². The second-order valence-corrected chi connectivity index (χ2v) is 4.22. The van der Waals surface area contributed by atoms with E-state index in [1.54, 1.807) is 18.2 Å². The summed E-state index contributed by atoms with van der Waals surface area (Å²) in [7, 11) is 0. The molecular formula is C16H13F3O. The van der Waals surface area contributed by atoms with Crippen LogP contribution in [-0.2, 0) is 6.42 Å². The van der Waals surface area contributed by atoms with E-state index in [9.17, 15) is 13.2 Å². The van der Waals surface area contributed by atoms with Crippen LogP contribution in [-0.4, -0.2) is 0 Å². The molecular weight excluding hydrogens is 265 g/mol. The Hall–Kier alpha value is -2.23. The van der Waals surface area contributed by atoms with Gasteiger partial charge in [0.15, 0.2) is 6.26 Å². The van der Waals surface area contributed by atoms with E-state index in [1.165, 1.54) is 18.2 Å². The molecule has 0 saturated heterocycles. The fraction of sp³-hybridized carbons (Fsp3) is 0.125. The smallest absolute Gasteiger partial charge is 0.305 e. The molecule has 0 amide bonds. The first kappa shape index (κ1) is 14.2. The molecule has 104 valence electrons. The Morgan fingerprint density at radius 2 is 1.80 bits per heavy atom. The molecule has 4 heteroatoms. The van der Waals surface area contributed by atoms with Gasteiger partial charge in [-0.15, -0.1) is 0 Å². The Balaban J connectivity index is 2.23. The quantitative estimate of drug-likeness (QED) is 0.701. The van der Waals surface area contributed by atoms with E-state index >= 15 is 0 Å². The molecule has 0 spiro atoms. The number of aryl methyl sites for hydroxylation is 1. The Kier molecular flexibility index (Phi) is 4.45. The van der Waals surface area contributed by atoms with E-state index in [1.807, 2.05) is 13.0 Å². The lowest BCUT2D eigenvalue weighted by atomic mass is 10.0. The van der Waals surface area contributed by atoms with Crippen LogP contribution < -0.4 is 4.74 Å². The molecule has 0 aliphatic heterocycles. The van der Waals surface area contributed by atoms with Gasteiger partial charge in [0.05, 0.1) is 0 Å². The first-order chi connectivity index (χ1) is 9.60. The van der Waals surface area contributed by atoms with E-state index in [0.29, 0.717) is 17.4 Å². The predicted octanol–water partition coefficient (Wildman–Crippen LogP) is 5.17. The van der Waals surface area contributed by atoms with Crippen LogP contribution in [0.5, 0.6) is 5.75 Å². The maximum absolute atomic E-state index is 13.9. The summed E-state index contributed by atoms with van der Waals surface area (Å²) in [6, 6.07) is 11.4. The van der Waals surface area contributed by atoms with Crippen molar-refractivity contribution < 1.29 is 17.9 Å². The zero-order valence-electron chi connectivity index (χ0n) is 10.9. The third kappa shape index (κ3) is 3.41. The second kappa shape index (κ2) is 6.28. The molecule has 2 rings (SSSR count). The predicted molar refractivity (Wildman–Crippen MR) is 72.1 cm³/mol. The minimum Gasteiger partial charge on any atom is -0.459 e.